The lowest BCUT2D eigenvalue weighted by Crippen LogP contribution is -2.44. The highest BCUT2D eigenvalue weighted by atomic mass is 19.3. The number of fused-ring (bicyclic) bond motifs is 2. The zero-order valence-electron chi connectivity index (χ0n) is 18.3. The number of aliphatic hydroxyl groups is 1. The van der Waals surface area contributed by atoms with Crippen LogP contribution in [0.2, 0.25) is 0 Å². The molecule has 0 amide bonds. The molecule has 1 N–H and O–H groups in total. The summed E-state index contributed by atoms with van der Waals surface area (Å²) < 4.78 is 36.8. The van der Waals surface area contributed by atoms with E-state index in [2.05, 4.69) is 11.1 Å². The second-order valence-electron chi connectivity index (χ2n) is 8.58. The molecular formula is C26H25F2N3O2. The molecule has 1 aliphatic heterocycles. The van der Waals surface area contributed by atoms with Gasteiger partial charge in [-0.1, -0.05) is 42.5 Å². The van der Waals surface area contributed by atoms with Gasteiger partial charge in [0.05, 0.1) is 23.9 Å². The lowest BCUT2D eigenvalue weighted by molar-refractivity contribution is -0.0630. The van der Waals surface area contributed by atoms with Crippen molar-refractivity contribution in [3.63, 3.8) is 0 Å². The van der Waals surface area contributed by atoms with Crippen LogP contribution in [0.4, 0.5) is 8.78 Å². The van der Waals surface area contributed by atoms with Gasteiger partial charge in [0.15, 0.2) is 0 Å². The van der Waals surface area contributed by atoms with Crippen molar-refractivity contribution in [3.8, 4) is 16.9 Å². The average molecular weight is 450 g/mol. The molecule has 170 valence electrons. The van der Waals surface area contributed by atoms with Gasteiger partial charge in [-0.05, 0) is 41.0 Å². The molecule has 1 aliphatic rings. The van der Waals surface area contributed by atoms with Crippen molar-refractivity contribution in [2.24, 2.45) is 7.05 Å². The Labute approximate surface area is 190 Å². The number of aryl methyl sites for hydroxylation is 1. The molecule has 0 radical (unpaired) electrons. The molecule has 0 bridgehead atoms. The first-order chi connectivity index (χ1) is 15.9. The van der Waals surface area contributed by atoms with Crippen LogP contribution in [0.25, 0.3) is 22.2 Å². The number of aromatic nitrogens is 2. The van der Waals surface area contributed by atoms with Gasteiger partial charge in [-0.3, -0.25) is 4.90 Å². The van der Waals surface area contributed by atoms with E-state index in [1.165, 1.54) is 6.07 Å². The Morgan fingerprint density at radius 1 is 1.06 bits per heavy atom. The van der Waals surface area contributed by atoms with E-state index >= 15 is 0 Å². The molecule has 5 rings (SSSR count). The first-order valence-corrected chi connectivity index (χ1v) is 10.9. The van der Waals surface area contributed by atoms with Crippen LogP contribution in [0, 0.1) is 0 Å². The monoisotopic (exact) mass is 449 g/mol. The molecular weight excluding hydrogens is 424 g/mol. The highest BCUT2D eigenvalue weighted by Gasteiger charge is 2.40. The maximum Gasteiger partial charge on any atom is 0.285 e. The minimum absolute atomic E-state index is 0.0218. The molecule has 0 fully saturated rings. The number of aliphatic hydroxyl groups excluding tert-OH is 1. The Morgan fingerprint density at radius 3 is 2.76 bits per heavy atom. The van der Waals surface area contributed by atoms with Gasteiger partial charge in [0, 0.05) is 25.7 Å². The summed E-state index contributed by atoms with van der Waals surface area (Å²) >= 11 is 0. The van der Waals surface area contributed by atoms with E-state index in [1.54, 1.807) is 29.4 Å². The molecule has 4 aromatic rings. The summed E-state index contributed by atoms with van der Waals surface area (Å²) in [6, 6.07) is 20.3. The second-order valence-corrected chi connectivity index (χ2v) is 8.58. The third kappa shape index (κ3) is 4.47. The second kappa shape index (κ2) is 8.57. The van der Waals surface area contributed by atoms with Crippen molar-refractivity contribution >= 4 is 11.0 Å². The molecule has 0 saturated carbocycles. The summed E-state index contributed by atoms with van der Waals surface area (Å²) in [5.41, 5.74) is 4.66. The van der Waals surface area contributed by atoms with Crippen LogP contribution in [0.5, 0.6) is 5.75 Å². The van der Waals surface area contributed by atoms with Gasteiger partial charge in [-0.15, -0.1) is 0 Å². The topological polar surface area (TPSA) is 50.5 Å². The van der Waals surface area contributed by atoms with Crippen molar-refractivity contribution < 1.29 is 18.6 Å². The zero-order chi connectivity index (χ0) is 23.0. The summed E-state index contributed by atoms with van der Waals surface area (Å²) in [7, 11) is 1.96. The Kier molecular flexibility index (Phi) is 5.60. The van der Waals surface area contributed by atoms with Crippen LogP contribution in [0.1, 0.15) is 11.1 Å². The molecule has 1 unspecified atom stereocenters. The molecule has 1 atom stereocenters. The number of hydrogen-bond donors (Lipinski definition) is 1. The summed E-state index contributed by atoms with van der Waals surface area (Å²) in [6.07, 6.45) is 0.895. The third-order valence-electron chi connectivity index (χ3n) is 6.03. The number of ether oxygens (including phenoxy) is 1. The molecule has 0 spiro atoms. The number of benzene rings is 3. The van der Waals surface area contributed by atoms with Crippen molar-refractivity contribution in [2.75, 3.05) is 19.7 Å². The lowest BCUT2D eigenvalue weighted by Gasteiger charge is -2.35. The molecule has 7 heteroatoms. The number of hydrogen-bond acceptors (Lipinski definition) is 4. The lowest BCUT2D eigenvalue weighted by atomic mass is 9.96. The summed E-state index contributed by atoms with van der Waals surface area (Å²) in [5, 5.41) is 10.5. The highest BCUT2D eigenvalue weighted by Crippen LogP contribution is 2.36. The molecule has 5 nitrogen and oxygen atoms in total. The Morgan fingerprint density at radius 2 is 1.88 bits per heavy atom. The number of halogens is 2. The molecule has 0 saturated heterocycles. The van der Waals surface area contributed by atoms with Crippen LogP contribution in [0.3, 0.4) is 0 Å². The minimum atomic E-state index is -2.93. The van der Waals surface area contributed by atoms with Crippen molar-refractivity contribution in [3.05, 3.63) is 84.2 Å². The third-order valence-corrected chi connectivity index (χ3v) is 6.03. The number of imidazole rings is 1. The predicted octanol–water partition coefficient (Wildman–Crippen LogP) is 4.59. The van der Waals surface area contributed by atoms with Crippen molar-refractivity contribution in [2.45, 2.75) is 18.6 Å². The summed E-state index contributed by atoms with van der Waals surface area (Å²) in [6.45, 7) is 0.108. The number of β-amino-alcohol motifs (C(OH)–C–C–N with tert-alkyl or cyclic N) is 1. The smallest absolute Gasteiger partial charge is 0.285 e. The van der Waals surface area contributed by atoms with E-state index in [1.807, 2.05) is 48.0 Å². The number of alkyl halides is 2. The Balaban J connectivity index is 1.23. The predicted molar refractivity (Wildman–Crippen MR) is 123 cm³/mol. The SMILES string of the molecule is Cn1cnc2ccc(-c3cccc(OCC(O)CN4Cc5ccccc5C(F)(F)C4)c3)cc21. The minimum Gasteiger partial charge on any atom is -0.491 e. The van der Waals surface area contributed by atoms with Crippen LogP contribution >= 0.6 is 0 Å². The maximum absolute atomic E-state index is 14.5. The van der Waals surface area contributed by atoms with E-state index < -0.39 is 18.6 Å². The summed E-state index contributed by atoms with van der Waals surface area (Å²) in [4.78, 5) is 5.93. The summed E-state index contributed by atoms with van der Waals surface area (Å²) in [5.74, 6) is -2.32. The number of nitrogens with zero attached hydrogens (tertiary/aromatic N) is 3. The van der Waals surface area contributed by atoms with Crippen molar-refractivity contribution in [1.82, 2.24) is 14.5 Å². The van der Waals surface area contributed by atoms with Gasteiger partial charge in [0.1, 0.15) is 18.5 Å². The van der Waals surface area contributed by atoms with Gasteiger partial charge >= 0.3 is 0 Å². The normalized spacial score (nSPS) is 16.5. The first kappa shape index (κ1) is 21.6. The van der Waals surface area contributed by atoms with E-state index in [0.29, 0.717) is 17.9 Å². The quantitative estimate of drug-likeness (QED) is 0.468. The van der Waals surface area contributed by atoms with Crippen molar-refractivity contribution in [1.29, 1.82) is 0 Å². The first-order valence-electron chi connectivity index (χ1n) is 10.9. The Hall–Kier alpha value is -3.29. The standard InChI is InChI=1S/C26H25F2N3O2/c1-30-17-29-24-10-9-19(12-25(24)30)18-6-4-7-22(11-18)33-15-21(32)14-31-13-20-5-2-3-8-23(20)26(27,28)16-31/h2-12,17,21,32H,13-16H2,1H3. The van der Waals surface area contributed by atoms with Crippen LogP contribution in [0.15, 0.2) is 73.1 Å². The van der Waals surface area contributed by atoms with E-state index in [9.17, 15) is 13.9 Å². The molecule has 3 aromatic carbocycles. The fourth-order valence-corrected chi connectivity index (χ4v) is 4.42. The Bertz CT molecular complexity index is 1290. The van der Waals surface area contributed by atoms with Crippen LogP contribution in [-0.4, -0.2) is 45.4 Å². The van der Waals surface area contributed by atoms with Gasteiger partial charge < -0.3 is 14.4 Å². The van der Waals surface area contributed by atoms with Gasteiger partial charge in [0.2, 0.25) is 0 Å². The van der Waals surface area contributed by atoms with E-state index in [4.69, 9.17) is 4.74 Å². The van der Waals surface area contributed by atoms with E-state index in [0.717, 1.165) is 22.2 Å². The zero-order valence-corrected chi connectivity index (χ0v) is 18.3. The van der Waals surface area contributed by atoms with Crippen LogP contribution < -0.4 is 4.74 Å². The number of rotatable bonds is 6. The van der Waals surface area contributed by atoms with Gasteiger partial charge in [-0.2, -0.15) is 8.78 Å². The molecule has 2 heterocycles. The van der Waals surface area contributed by atoms with Crippen LogP contribution in [-0.2, 0) is 19.5 Å². The molecule has 1 aromatic heterocycles. The fraction of sp³-hybridized carbons (Fsp3) is 0.269. The average Bonchev–Trinajstić information content (AvgIpc) is 3.17. The van der Waals surface area contributed by atoms with Gasteiger partial charge in [-0.25, -0.2) is 4.98 Å². The highest BCUT2D eigenvalue weighted by molar-refractivity contribution is 5.82. The fourth-order valence-electron chi connectivity index (χ4n) is 4.42. The maximum atomic E-state index is 14.5. The van der Waals surface area contributed by atoms with Gasteiger partial charge in [0.25, 0.3) is 5.92 Å². The van der Waals surface area contributed by atoms with E-state index in [-0.39, 0.29) is 18.7 Å². The largest absolute Gasteiger partial charge is 0.491 e. The molecule has 0 aliphatic carbocycles. The molecule has 33 heavy (non-hydrogen) atoms.